The monoisotopic (exact) mass is 614 g/mol. The van der Waals surface area contributed by atoms with Crippen LogP contribution in [0.25, 0.3) is 11.3 Å². The van der Waals surface area contributed by atoms with E-state index in [0.29, 0.717) is 18.5 Å². The molecule has 228 valence electrons. The summed E-state index contributed by atoms with van der Waals surface area (Å²) in [6.45, 7) is 8.77. The number of pyridine rings is 2. The molecule has 1 aliphatic rings. The van der Waals surface area contributed by atoms with Gasteiger partial charge in [0.1, 0.15) is 34.4 Å². The lowest BCUT2D eigenvalue weighted by Crippen LogP contribution is -2.50. The Bertz CT molecular complexity index is 1510. The molecule has 0 aliphatic heterocycles. The molecule has 2 N–H and O–H groups in total. The molecule has 0 unspecified atom stereocenters. The molecule has 1 saturated carbocycles. The molecule has 1 fully saturated rings. The fourth-order valence-corrected chi connectivity index (χ4v) is 6.35. The van der Waals surface area contributed by atoms with Crippen LogP contribution in [0.4, 0.5) is 23.7 Å². The van der Waals surface area contributed by atoms with E-state index in [1.165, 1.54) is 24.9 Å². The topological polar surface area (TPSA) is 110 Å². The second-order valence-electron chi connectivity index (χ2n) is 11.5. The van der Waals surface area contributed by atoms with Crippen molar-refractivity contribution < 1.29 is 32.3 Å². The number of nitrogens with zero attached hydrogens (tertiary/aromatic N) is 2. The molecule has 0 spiro atoms. The second kappa shape index (κ2) is 13.2. The predicted octanol–water partition coefficient (Wildman–Crippen LogP) is 6.87. The highest BCUT2D eigenvalue weighted by Gasteiger charge is 2.39. The van der Waals surface area contributed by atoms with E-state index < -0.39 is 52.4 Å². The zero-order chi connectivity index (χ0) is 31.5. The van der Waals surface area contributed by atoms with Crippen LogP contribution in [0.15, 0.2) is 48.8 Å². The van der Waals surface area contributed by atoms with Crippen LogP contribution in [-0.2, 0) is 9.53 Å². The smallest absolute Gasteiger partial charge is 0.407 e. The summed E-state index contributed by atoms with van der Waals surface area (Å²) in [6, 6.07) is 6.49. The van der Waals surface area contributed by atoms with Crippen molar-refractivity contribution in [1.82, 2.24) is 15.3 Å². The lowest BCUT2D eigenvalue weighted by atomic mass is 9.75. The van der Waals surface area contributed by atoms with Gasteiger partial charge in [-0.2, -0.15) is 0 Å². The normalized spacial score (nSPS) is 20.3. The SMILES string of the molecule is CC(=O)S[C@@H]1[C@@H](C)C[C@@H](c2ccncc2NC(=O)c2ccc(F)c(-c3c(F)cccc3F)n2)C[C@H]1NC(=O)OC(C)(C)C. The molecule has 2 aromatic heterocycles. The van der Waals surface area contributed by atoms with Crippen LogP contribution < -0.4 is 10.6 Å². The number of hydrogen-bond donors (Lipinski definition) is 2. The summed E-state index contributed by atoms with van der Waals surface area (Å²) in [5, 5.41) is 5.43. The lowest BCUT2D eigenvalue weighted by molar-refractivity contribution is -0.109. The van der Waals surface area contributed by atoms with Crippen LogP contribution in [0.3, 0.4) is 0 Å². The summed E-state index contributed by atoms with van der Waals surface area (Å²) >= 11 is 1.18. The molecule has 1 aromatic carbocycles. The van der Waals surface area contributed by atoms with Gasteiger partial charge in [-0.05, 0) is 81.3 Å². The maximum absolute atomic E-state index is 14.6. The van der Waals surface area contributed by atoms with Crippen molar-refractivity contribution in [1.29, 1.82) is 0 Å². The molecule has 0 radical (unpaired) electrons. The highest BCUT2D eigenvalue weighted by molar-refractivity contribution is 8.14. The van der Waals surface area contributed by atoms with Gasteiger partial charge in [0.2, 0.25) is 0 Å². The Morgan fingerprint density at radius 2 is 1.70 bits per heavy atom. The number of carbonyl (C=O) groups is 3. The van der Waals surface area contributed by atoms with Crippen LogP contribution in [-0.4, -0.2) is 44.0 Å². The van der Waals surface area contributed by atoms with Crippen molar-refractivity contribution in [3.05, 3.63) is 77.5 Å². The van der Waals surface area contributed by atoms with E-state index in [0.717, 1.165) is 35.9 Å². The van der Waals surface area contributed by atoms with Gasteiger partial charge < -0.3 is 15.4 Å². The molecule has 43 heavy (non-hydrogen) atoms. The van der Waals surface area contributed by atoms with Crippen LogP contribution in [0, 0.1) is 23.4 Å². The predicted molar refractivity (Wildman–Crippen MR) is 158 cm³/mol. The molecule has 4 atom stereocenters. The molecule has 2 heterocycles. The van der Waals surface area contributed by atoms with Crippen molar-refractivity contribution in [3.8, 4) is 11.3 Å². The first-order valence-electron chi connectivity index (χ1n) is 13.8. The number of halogens is 3. The van der Waals surface area contributed by atoms with Gasteiger partial charge in [-0.15, -0.1) is 0 Å². The highest BCUT2D eigenvalue weighted by Crippen LogP contribution is 2.43. The third-order valence-corrected chi connectivity index (χ3v) is 8.37. The molecule has 0 saturated heterocycles. The maximum Gasteiger partial charge on any atom is 0.407 e. The van der Waals surface area contributed by atoms with Crippen LogP contribution >= 0.6 is 11.8 Å². The molecule has 0 bridgehead atoms. The fraction of sp³-hybridized carbons (Fsp3) is 0.387. The fourth-order valence-electron chi connectivity index (χ4n) is 5.28. The Kier molecular flexibility index (Phi) is 9.79. The molecular weight excluding hydrogens is 581 g/mol. The summed E-state index contributed by atoms with van der Waals surface area (Å²) in [5.74, 6) is -3.89. The average Bonchev–Trinajstić information content (AvgIpc) is 2.90. The number of amides is 2. The van der Waals surface area contributed by atoms with Crippen molar-refractivity contribution in [2.75, 3.05) is 5.32 Å². The Hall–Kier alpha value is -3.93. The van der Waals surface area contributed by atoms with Crippen molar-refractivity contribution >= 4 is 34.6 Å². The Morgan fingerprint density at radius 1 is 1.00 bits per heavy atom. The maximum atomic E-state index is 14.6. The van der Waals surface area contributed by atoms with Crippen LogP contribution in [0.5, 0.6) is 0 Å². The lowest BCUT2D eigenvalue weighted by Gasteiger charge is -2.40. The van der Waals surface area contributed by atoms with Gasteiger partial charge >= 0.3 is 6.09 Å². The number of alkyl carbamates (subject to hydrolysis) is 1. The summed E-state index contributed by atoms with van der Waals surface area (Å²) in [6.07, 6.45) is 3.55. The summed E-state index contributed by atoms with van der Waals surface area (Å²) in [7, 11) is 0. The van der Waals surface area contributed by atoms with Crippen LogP contribution in [0.2, 0.25) is 0 Å². The van der Waals surface area contributed by atoms with E-state index in [2.05, 4.69) is 20.6 Å². The first-order valence-corrected chi connectivity index (χ1v) is 14.6. The Morgan fingerprint density at radius 3 is 2.35 bits per heavy atom. The second-order valence-corrected chi connectivity index (χ2v) is 12.9. The van der Waals surface area contributed by atoms with E-state index in [-0.39, 0.29) is 27.9 Å². The number of rotatable bonds is 6. The Labute approximate surface area is 252 Å². The molecule has 12 heteroatoms. The number of aromatic nitrogens is 2. The molecule has 3 aromatic rings. The number of thioether (sulfide) groups is 1. The van der Waals surface area contributed by atoms with E-state index in [9.17, 15) is 27.6 Å². The van der Waals surface area contributed by atoms with Gasteiger partial charge in [0.25, 0.3) is 5.91 Å². The van der Waals surface area contributed by atoms with Crippen molar-refractivity contribution in [2.24, 2.45) is 5.92 Å². The average molecular weight is 615 g/mol. The minimum Gasteiger partial charge on any atom is -0.444 e. The van der Waals surface area contributed by atoms with E-state index in [1.807, 2.05) is 6.92 Å². The number of benzene rings is 1. The van der Waals surface area contributed by atoms with Crippen molar-refractivity contribution in [2.45, 2.75) is 70.3 Å². The third-order valence-electron chi connectivity index (χ3n) is 6.98. The van der Waals surface area contributed by atoms with Crippen LogP contribution in [0.1, 0.15) is 69.4 Å². The summed E-state index contributed by atoms with van der Waals surface area (Å²) < 4.78 is 48.8. The van der Waals surface area contributed by atoms with Crippen molar-refractivity contribution in [3.63, 3.8) is 0 Å². The third kappa shape index (κ3) is 7.92. The molecule has 1 aliphatic carbocycles. The van der Waals surface area contributed by atoms with E-state index in [4.69, 9.17) is 4.74 Å². The zero-order valence-corrected chi connectivity index (χ0v) is 25.2. The number of carbonyl (C=O) groups excluding carboxylic acids is 3. The van der Waals surface area contributed by atoms with E-state index in [1.54, 1.807) is 33.0 Å². The van der Waals surface area contributed by atoms with Gasteiger partial charge in [0.15, 0.2) is 5.12 Å². The molecule has 2 amide bonds. The first-order chi connectivity index (χ1) is 20.2. The minimum absolute atomic E-state index is 0.00120. The quantitative estimate of drug-likeness (QED) is 0.312. The highest BCUT2D eigenvalue weighted by atomic mass is 32.2. The largest absolute Gasteiger partial charge is 0.444 e. The number of ether oxygens (including phenoxy) is 1. The first kappa shape index (κ1) is 32.0. The Balaban J connectivity index is 1.60. The minimum atomic E-state index is -1.01. The van der Waals surface area contributed by atoms with Gasteiger partial charge in [0.05, 0.1) is 17.4 Å². The number of nitrogens with one attached hydrogen (secondary N) is 2. The standard InChI is InChI=1S/C31H33F3N4O4S/c1-16-13-18(14-24(28(16)43-17(2)39)38-30(41)42-31(3,4)5)19-11-12-35-15-25(19)37-29(40)23-10-9-22(34)27(36-23)26-20(32)7-6-8-21(26)33/h6-12,15-16,18,24,28H,13-14H2,1-5H3,(H,37,40)(H,38,41)/t16-,18+,24+,28+/m0/s1. The van der Waals surface area contributed by atoms with Gasteiger partial charge in [-0.1, -0.05) is 24.8 Å². The summed E-state index contributed by atoms with van der Waals surface area (Å²) in [5.41, 5.74) is -1.16. The summed E-state index contributed by atoms with van der Waals surface area (Å²) in [4.78, 5) is 46.1. The van der Waals surface area contributed by atoms with Gasteiger partial charge in [-0.3, -0.25) is 14.6 Å². The van der Waals surface area contributed by atoms with Gasteiger partial charge in [0, 0.05) is 24.4 Å². The van der Waals surface area contributed by atoms with E-state index >= 15 is 0 Å². The molecule has 8 nitrogen and oxygen atoms in total. The molecule has 4 rings (SSSR count). The number of hydrogen-bond acceptors (Lipinski definition) is 7. The zero-order valence-electron chi connectivity index (χ0n) is 24.4. The van der Waals surface area contributed by atoms with Gasteiger partial charge in [-0.25, -0.2) is 22.9 Å². The molecular formula is C31H33F3N4O4S. The number of anilines is 1.